The highest BCUT2D eigenvalue weighted by atomic mass is 16.2. The third-order valence-corrected chi connectivity index (χ3v) is 6.13. The number of anilines is 1. The van der Waals surface area contributed by atoms with Gasteiger partial charge in [0, 0.05) is 37.4 Å². The number of urea groups is 1. The molecule has 1 saturated heterocycles. The minimum absolute atomic E-state index is 0. The van der Waals surface area contributed by atoms with Gasteiger partial charge in [-0.2, -0.15) is 0 Å². The van der Waals surface area contributed by atoms with E-state index in [0.717, 1.165) is 42.0 Å². The van der Waals surface area contributed by atoms with Gasteiger partial charge in [0.1, 0.15) is 0 Å². The lowest BCUT2D eigenvalue weighted by Crippen LogP contribution is -2.35. The molecule has 1 aliphatic heterocycles. The molecule has 0 spiro atoms. The summed E-state index contributed by atoms with van der Waals surface area (Å²) in [6, 6.07) is 11.8. The van der Waals surface area contributed by atoms with Gasteiger partial charge in [-0.1, -0.05) is 43.0 Å². The van der Waals surface area contributed by atoms with Gasteiger partial charge in [-0.15, -0.1) is 0 Å². The monoisotopic (exact) mass is 387 g/mol. The summed E-state index contributed by atoms with van der Waals surface area (Å²) >= 11 is 0. The van der Waals surface area contributed by atoms with Crippen LogP contribution < -0.4 is 5.32 Å². The van der Waals surface area contributed by atoms with E-state index in [1.165, 1.54) is 5.57 Å². The van der Waals surface area contributed by atoms with Gasteiger partial charge in [-0.05, 0) is 61.6 Å². The zero-order chi connectivity index (χ0) is 20.4. The largest absolute Gasteiger partial charge is 0.323 e. The average Bonchev–Trinajstić information content (AvgIpc) is 3.31. The number of nitrogens with one attached hydrogen (secondary N) is 1. The molecule has 1 aromatic heterocycles. The summed E-state index contributed by atoms with van der Waals surface area (Å²) in [5, 5.41) is 3.08. The van der Waals surface area contributed by atoms with Gasteiger partial charge in [0.05, 0.1) is 5.69 Å². The number of amides is 2. The fourth-order valence-electron chi connectivity index (χ4n) is 4.42. The van der Waals surface area contributed by atoms with E-state index < -0.39 is 0 Å². The number of benzene rings is 1. The summed E-state index contributed by atoms with van der Waals surface area (Å²) in [7, 11) is 0. The quantitative estimate of drug-likeness (QED) is 0.655. The molecule has 2 aromatic rings. The van der Waals surface area contributed by atoms with Crippen molar-refractivity contribution in [2.75, 3.05) is 18.4 Å². The molecule has 2 atom stereocenters. The molecule has 4 nitrogen and oxygen atoms in total. The van der Waals surface area contributed by atoms with Crippen LogP contribution in [0.25, 0.3) is 11.3 Å². The Bertz CT molecular complexity index is 999. The first-order chi connectivity index (χ1) is 14.1. The minimum atomic E-state index is -0.0400. The number of pyridine rings is 1. The summed E-state index contributed by atoms with van der Waals surface area (Å²) in [4.78, 5) is 19.3. The Labute approximate surface area is 174 Å². The lowest BCUT2D eigenvalue weighted by atomic mass is 9.94. The van der Waals surface area contributed by atoms with Crippen LogP contribution in [0.15, 0.2) is 79.1 Å². The molecule has 29 heavy (non-hydrogen) atoms. The van der Waals surface area contributed by atoms with Crippen molar-refractivity contribution in [3.05, 3.63) is 84.6 Å². The Kier molecular flexibility index (Phi) is 5.10. The molecule has 2 amide bonds. The number of nitrogens with zero attached hydrogens (tertiary/aromatic N) is 2. The van der Waals surface area contributed by atoms with E-state index in [2.05, 4.69) is 36.0 Å². The highest BCUT2D eigenvalue weighted by molar-refractivity contribution is 5.91. The topological polar surface area (TPSA) is 45.2 Å². The summed E-state index contributed by atoms with van der Waals surface area (Å²) in [5.41, 5.74) is 5.20. The van der Waals surface area contributed by atoms with Gasteiger partial charge in [0.2, 0.25) is 0 Å². The number of piperidine rings is 1. The summed E-state index contributed by atoms with van der Waals surface area (Å²) in [6.07, 6.45) is 11.1. The second-order valence-electron chi connectivity index (χ2n) is 7.96. The predicted molar refractivity (Wildman–Crippen MR) is 121 cm³/mol. The molecule has 2 heterocycles. The lowest BCUT2D eigenvalue weighted by molar-refractivity contribution is 0.215. The molecule has 1 N–H and O–H groups in total. The number of aryl methyl sites for hydroxylation is 1. The molecule has 0 radical (unpaired) electrons. The van der Waals surface area contributed by atoms with E-state index in [-0.39, 0.29) is 12.9 Å². The summed E-state index contributed by atoms with van der Waals surface area (Å²) in [5.74, 6) is 0.532. The molecule has 4 heteroatoms. The van der Waals surface area contributed by atoms with E-state index in [9.17, 15) is 4.79 Å². The Morgan fingerprint density at radius 3 is 2.97 bits per heavy atom. The van der Waals surface area contributed by atoms with Crippen LogP contribution in [0.5, 0.6) is 0 Å². The van der Waals surface area contributed by atoms with Crippen molar-refractivity contribution in [3.8, 4) is 11.3 Å². The standard InChI is InChI=1S/C25H27N3O.H2/c1-4-6-9-19(5-2)25-15-20(25)16-28(17-25)24(29)27-21-12-11-18(3)22(14-21)23-10-7-8-13-26-23;/h4-14,20H,2,15-17H2,1,3H3,(H,27,29);1H/b6-4-,19-9+;. The molecule has 1 aromatic carbocycles. The highest BCUT2D eigenvalue weighted by Gasteiger charge is 2.61. The van der Waals surface area contributed by atoms with E-state index in [1.807, 2.05) is 60.4 Å². The molecule has 2 aliphatic rings. The molecule has 1 saturated carbocycles. The van der Waals surface area contributed by atoms with Crippen molar-refractivity contribution in [2.24, 2.45) is 11.3 Å². The predicted octanol–water partition coefficient (Wildman–Crippen LogP) is 5.85. The number of carbonyl (C=O) groups excluding carboxylic acids is 1. The summed E-state index contributed by atoms with van der Waals surface area (Å²) < 4.78 is 0. The van der Waals surface area contributed by atoms with Crippen molar-refractivity contribution in [3.63, 3.8) is 0 Å². The fourth-order valence-corrected chi connectivity index (χ4v) is 4.42. The lowest BCUT2D eigenvalue weighted by Gasteiger charge is -2.22. The van der Waals surface area contributed by atoms with Gasteiger partial charge in [-0.3, -0.25) is 4.98 Å². The number of hydrogen-bond acceptors (Lipinski definition) is 2. The molecule has 1 aliphatic carbocycles. The zero-order valence-electron chi connectivity index (χ0n) is 17.1. The van der Waals surface area contributed by atoms with Gasteiger partial charge in [0.25, 0.3) is 0 Å². The molecular formula is C25H29N3O. The van der Waals surface area contributed by atoms with Crippen molar-refractivity contribution >= 4 is 11.7 Å². The molecule has 0 bridgehead atoms. The normalized spacial score (nSPS) is 23.2. The third kappa shape index (κ3) is 3.63. The Morgan fingerprint density at radius 2 is 2.24 bits per heavy atom. The van der Waals surface area contributed by atoms with Crippen LogP contribution in [-0.4, -0.2) is 29.0 Å². The maximum absolute atomic E-state index is 12.9. The number of rotatable bonds is 5. The minimum Gasteiger partial charge on any atom is -0.323 e. The van der Waals surface area contributed by atoms with Crippen LogP contribution in [0, 0.1) is 18.3 Å². The molecule has 150 valence electrons. The maximum Gasteiger partial charge on any atom is 0.321 e. The van der Waals surface area contributed by atoms with E-state index in [4.69, 9.17) is 0 Å². The first-order valence-electron chi connectivity index (χ1n) is 10.1. The van der Waals surface area contributed by atoms with Gasteiger partial charge in [0.15, 0.2) is 0 Å². The Hall–Kier alpha value is -3.14. The first kappa shape index (κ1) is 19.2. The third-order valence-electron chi connectivity index (χ3n) is 6.13. The molecule has 2 fully saturated rings. The van der Waals surface area contributed by atoms with Crippen LogP contribution in [-0.2, 0) is 0 Å². The van der Waals surface area contributed by atoms with E-state index in [1.54, 1.807) is 6.20 Å². The second kappa shape index (κ2) is 7.70. The number of likely N-dealkylation sites (tertiary alicyclic amines) is 1. The maximum atomic E-state index is 12.9. The summed E-state index contributed by atoms with van der Waals surface area (Å²) in [6.45, 7) is 9.60. The van der Waals surface area contributed by atoms with Crippen LogP contribution >= 0.6 is 0 Å². The van der Waals surface area contributed by atoms with Crippen molar-refractivity contribution in [2.45, 2.75) is 20.3 Å². The van der Waals surface area contributed by atoms with Crippen molar-refractivity contribution in [1.82, 2.24) is 9.88 Å². The zero-order valence-corrected chi connectivity index (χ0v) is 17.1. The van der Waals surface area contributed by atoms with Crippen LogP contribution in [0.3, 0.4) is 0 Å². The number of aromatic nitrogens is 1. The van der Waals surface area contributed by atoms with Crippen molar-refractivity contribution in [1.29, 1.82) is 0 Å². The second-order valence-corrected chi connectivity index (χ2v) is 7.96. The first-order valence-corrected chi connectivity index (χ1v) is 10.1. The Morgan fingerprint density at radius 1 is 1.38 bits per heavy atom. The number of allylic oxidation sites excluding steroid dienone is 4. The van der Waals surface area contributed by atoms with E-state index in [0.29, 0.717) is 5.92 Å². The van der Waals surface area contributed by atoms with Crippen LogP contribution in [0.2, 0.25) is 0 Å². The van der Waals surface area contributed by atoms with Gasteiger partial charge < -0.3 is 10.2 Å². The molecular weight excluding hydrogens is 358 g/mol. The molecule has 4 rings (SSSR count). The number of fused-ring (bicyclic) bond motifs is 1. The smallest absolute Gasteiger partial charge is 0.321 e. The number of carbonyl (C=O) groups is 1. The highest BCUT2D eigenvalue weighted by Crippen LogP contribution is 2.62. The van der Waals surface area contributed by atoms with E-state index >= 15 is 0 Å². The SMILES string of the molecule is C=C/C(=C\C=C/C)C12CC1CN(C(=O)Nc1ccc(C)c(-c3ccccn3)c1)C2.[HH]. The van der Waals surface area contributed by atoms with Crippen LogP contribution in [0.4, 0.5) is 10.5 Å². The van der Waals surface area contributed by atoms with Crippen molar-refractivity contribution < 1.29 is 6.22 Å². The molecule has 2 unspecified atom stereocenters. The Balaban J connectivity index is 0.00000256. The van der Waals surface area contributed by atoms with Gasteiger partial charge in [-0.25, -0.2) is 4.79 Å². The fraction of sp³-hybridized carbons (Fsp3) is 0.280. The van der Waals surface area contributed by atoms with Crippen LogP contribution in [0.1, 0.15) is 20.3 Å². The average molecular weight is 388 g/mol. The number of hydrogen-bond donors (Lipinski definition) is 1. The van der Waals surface area contributed by atoms with Gasteiger partial charge >= 0.3 is 6.03 Å².